The first-order valence-electron chi connectivity index (χ1n) is 7.59. The molecule has 1 aromatic rings. The van der Waals surface area contributed by atoms with Crippen LogP contribution in [0.3, 0.4) is 0 Å². The predicted octanol–water partition coefficient (Wildman–Crippen LogP) is 1.11. The number of rotatable bonds is 10. The van der Waals surface area contributed by atoms with E-state index in [1.165, 1.54) is 6.20 Å². The normalized spacial score (nSPS) is 9.70. The topological polar surface area (TPSA) is 105 Å². The molecule has 0 aliphatic rings. The van der Waals surface area contributed by atoms with Crippen molar-refractivity contribution in [2.75, 3.05) is 38.5 Å². The molecule has 0 aliphatic heterocycles. The Bertz CT molecular complexity index is 557. The molecule has 0 spiro atoms. The number of pyridine rings is 1. The van der Waals surface area contributed by atoms with Crippen LogP contribution in [-0.4, -0.2) is 49.0 Å². The van der Waals surface area contributed by atoms with Crippen LogP contribution in [0.15, 0.2) is 18.3 Å². The number of anilines is 1. The van der Waals surface area contributed by atoms with E-state index in [0.717, 1.165) is 12.8 Å². The molecule has 1 rings (SSSR count). The van der Waals surface area contributed by atoms with Crippen molar-refractivity contribution in [3.05, 3.63) is 23.9 Å². The summed E-state index contributed by atoms with van der Waals surface area (Å²) < 4.78 is 0. The smallest absolute Gasteiger partial charge is 0.236 e. The van der Waals surface area contributed by atoms with Crippen molar-refractivity contribution in [3.8, 4) is 12.1 Å². The number of nitrogens with one attached hydrogen (secondary N) is 2. The van der Waals surface area contributed by atoms with Gasteiger partial charge in [0, 0.05) is 39.3 Å². The number of likely N-dealkylation sites (N-methyl/N-ethyl adjacent to an activating group) is 1. The van der Waals surface area contributed by atoms with E-state index < -0.39 is 0 Å². The van der Waals surface area contributed by atoms with Crippen LogP contribution in [0, 0.1) is 22.7 Å². The van der Waals surface area contributed by atoms with E-state index in [1.54, 1.807) is 24.1 Å². The standard InChI is InChI=1S/C16H22N6O/c1-22(10-4-2-3-7-17)16(23)13-19-8-9-20-15-6-5-14(11-18)12-21-15/h5-6,12,19H,2-4,8-10,13H2,1H3,(H,20,21). The third kappa shape index (κ3) is 7.79. The van der Waals surface area contributed by atoms with Crippen molar-refractivity contribution in [2.45, 2.75) is 19.3 Å². The Balaban J connectivity index is 2.10. The van der Waals surface area contributed by atoms with Crippen LogP contribution in [0.1, 0.15) is 24.8 Å². The maximum absolute atomic E-state index is 11.8. The average molecular weight is 314 g/mol. The zero-order chi connectivity index (χ0) is 16.9. The Morgan fingerprint density at radius 3 is 2.78 bits per heavy atom. The van der Waals surface area contributed by atoms with Crippen LogP contribution in [0.5, 0.6) is 0 Å². The van der Waals surface area contributed by atoms with Gasteiger partial charge in [-0.3, -0.25) is 4.79 Å². The highest BCUT2D eigenvalue weighted by atomic mass is 16.2. The van der Waals surface area contributed by atoms with Crippen molar-refractivity contribution in [1.82, 2.24) is 15.2 Å². The summed E-state index contributed by atoms with van der Waals surface area (Å²) in [4.78, 5) is 17.6. The molecule has 0 saturated heterocycles. The summed E-state index contributed by atoms with van der Waals surface area (Å²) in [6.07, 6.45) is 3.72. The van der Waals surface area contributed by atoms with Gasteiger partial charge in [0.05, 0.1) is 18.2 Å². The minimum Gasteiger partial charge on any atom is -0.369 e. The molecule has 0 bridgehead atoms. The molecule has 0 fully saturated rings. The van der Waals surface area contributed by atoms with Crippen LogP contribution < -0.4 is 10.6 Å². The second-order valence-electron chi connectivity index (χ2n) is 5.08. The second-order valence-corrected chi connectivity index (χ2v) is 5.08. The Kier molecular flexibility index (Phi) is 8.80. The lowest BCUT2D eigenvalue weighted by Gasteiger charge is -2.17. The summed E-state index contributed by atoms with van der Waals surface area (Å²) >= 11 is 0. The maximum atomic E-state index is 11.8. The first kappa shape index (κ1) is 18.4. The molecule has 0 radical (unpaired) electrons. The number of hydrogen-bond acceptors (Lipinski definition) is 6. The van der Waals surface area contributed by atoms with Gasteiger partial charge < -0.3 is 15.5 Å². The average Bonchev–Trinajstić information content (AvgIpc) is 2.58. The van der Waals surface area contributed by atoms with Gasteiger partial charge in [0.25, 0.3) is 0 Å². The number of carbonyl (C=O) groups excluding carboxylic acids is 1. The highest BCUT2D eigenvalue weighted by Crippen LogP contribution is 2.02. The van der Waals surface area contributed by atoms with Crippen LogP contribution in [0.4, 0.5) is 5.82 Å². The fourth-order valence-electron chi connectivity index (χ4n) is 1.85. The Morgan fingerprint density at radius 2 is 2.13 bits per heavy atom. The van der Waals surface area contributed by atoms with Crippen LogP contribution >= 0.6 is 0 Å². The molecule has 1 heterocycles. The monoisotopic (exact) mass is 314 g/mol. The van der Waals surface area contributed by atoms with E-state index in [2.05, 4.69) is 21.7 Å². The van der Waals surface area contributed by atoms with Gasteiger partial charge >= 0.3 is 0 Å². The lowest BCUT2D eigenvalue weighted by Crippen LogP contribution is -2.37. The third-order valence-electron chi connectivity index (χ3n) is 3.23. The van der Waals surface area contributed by atoms with E-state index in [0.29, 0.717) is 37.4 Å². The number of unbranched alkanes of at least 4 members (excludes halogenated alkanes) is 2. The van der Waals surface area contributed by atoms with Gasteiger partial charge in [0.1, 0.15) is 11.9 Å². The minimum absolute atomic E-state index is 0.0402. The summed E-state index contributed by atoms with van der Waals surface area (Å²) in [6, 6.07) is 7.56. The number of nitrogens with zero attached hydrogens (tertiary/aromatic N) is 4. The Morgan fingerprint density at radius 1 is 1.30 bits per heavy atom. The molecule has 7 nitrogen and oxygen atoms in total. The molecule has 2 N–H and O–H groups in total. The highest BCUT2D eigenvalue weighted by Gasteiger charge is 2.07. The fraction of sp³-hybridized carbons (Fsp3) is 0.500. The summed E-state index contributed by atoms with van der Waals surface area (Å²) in [7, 11) is 1.77. The lowest BCUT2D eigenvalue weighted by molar-refractivity contribution is -0.129. The second kappa shape index (κ2) is 11.0. The van der Waals surface area contributed by atoms with E-state index in [1.807, 2.05) is 6.07 Å². The molecule has 0 aromatic carbocycles. The Labute approximate surface area is 136 Å². The van der Waals surface area contributed by atoms with Crippen molar-refractivity contribution in [2.24, 2.45) is 0 Å². The number of aromatic nitrogens is 1. The first-order valence-corrected chi connectivity index (χ1v) is 7.59. The van der Waals surface area contributed by atoms with Gasteiger partial charge in [-0.05, 0) is 25.0 Å². The van der Waals surface area contributed by atoms with Gasteiger partial charge in [-0.2, -0.15) is 10.5 Å². The number of amides is 1. The van der Waals surface area contributed by atoms with E-state index in [9.17, 15) is 4.79 Å². The largest absolute Gasteiger partial charge is 0.369 e. The SMILES string of the molecule is CN(CCCCC#N)C(=O)CNCCNc1ccc(C#N)cn1. The summed E-state index contributed by atoms with van der Waals surface area (Å²) in [6.45, 7) is 2.24. The Hall–Kier alpha value is -2.64. The third-order valence-corrected chi connectivity index (χ3v) is 3.23. The van der Waals surface area contributed by atoms with Gasteiger partial charge in [-0.1, -0.05) is 0 Å². The minimum atomic E-state index is 0.0402. The van der Waals surface area contributed by atoms with Crippen LogP contribution in [0.25, 0.3) is 0 Å². The van der Waals surface area contributed by atoms with Crippen molar-refractivity contribution in [3.63, 3.8) is 0 Å². The quantitative estimate of drug-likeness (QED) is 0.627. The van der Waals surface area contributed by atoms with Gasteiger partial charge in [-0.25, -0.2) is 4.98 Å². The van der Waals surface area contributed by atoms with Crippen molar-refractivity contribution < 1.29 is 4.79 Å². The predicted molar refractivity (Wildman–Crippen MR) is 87.4 cm³/mol. The highest BCUT2D eigenvalue weighted by molar-refractivity contribution is 5.77. The molecule has 0 saturated carbocycles. The molecule has 1 amide bonds. The summed E-state index contributed by atoms with van der Waals surface area (Å²) in [5, 5.41) is 23.3. The maximum Gasteiger partial charge on any atom is 0.236 e. The molecule has 0 atom stereocenters. The van der Waals surface area contributed by atoms with E-state index >= 15 is 0 Å². The lowest BCUT2D eigenvalue weighted by atomic mass is 10.2. The number of nitriles is 2. The van der Waals surface area contributed by atoms with Crippen LogP contribution in [-0.2, 0) is 4.79 Å². The molecule has 1 aromatic heterocycles. The van der Waals surface area contributed by atoms with Crippen LogP contribution in [0.2, 0.25) is 0 Å². The van der Waals surface area contributed by atoms with Gasteiger partial charge in [0.15, 0.2) is 0 Å². The molecular formula is C16H22N6O. The van der Waals surface area contributed by atoms with Gasteiger partial charge in [0.2, 0.25) is 5.91 Å². The summed E-state index contributed by atoms with van der Waals surface area (Å²) in [5.41, 5.74) is 0.525. The zero-order valence-corrected chi connectivity index (χ0v) is 13.4. The molecule has 122 valence electrons. The first-order chi connectivity index (χ1) is 11.2. The fourth-order valence-corrected chi connectivity index (χ4v) is 1.85. The number of carbonyl (C=O) groups is 1. The van der Waals surface area contributed by atoms with E-state index in [4.69, 9.17) is 10.5 Å². The molecule has 7 heteroatoms. The van der Waals surface area contributed by atoms with Crippen molar-refractivity contribution in [1.29, 1.82) is 10.5 Å². The van der Waals surface area contributed by atoms with E-state index in [-0.39, 0.29) is 12.5 Å². The number of hydrogen-bond donors (Lipinski definition) is 2. The zero-order valence-electron chi connectivity index (χ0n) is 13.4. The van der Waals surface area contributed by atoms with Crippen molar-refractivity contribution >= 4 is 11.7 Å². The molecule has 0 unspecified atom stereocenters. The molecule has 23 heavy (non-hydrogen) atoms. The summed E-state index contributed by atoms with van der Waals surface area (Å²) in [5.74, 6) is 0.741. The molecular weight excluding hydrogens is 292 g/mol. The molecule has 0 aliphatic carbocycles. The van der Waals surface area contributed by atoms with Gasteiger partial charge in [-0.15, -0.1) is 0 Å².